The molecule has 3 atom stereocenters. The van der Waals surface area contributed by atoms with Crippen molar-refractivity contribution in [3.8, 4) is 0 Å². The molecule has 0 saturated carbocycles. The summed E-state index contributed by atoms with van der Waals surface area (Å²) in [5.74, 6) is 0.787. The molecule has 1 aliphatic heterocycles. The molecule has 0 bridgehead atoms. The highest BCUT2D eigenvalue weighted by Gasteiger charge is 2.25. The van der Waals surface area contributed by atoms with Crippen LogP contribution in [0.5, 0.6) is 0 Å². The average molecular weight is 260 g/mol. The van der Waals surface area contributed by atoms with Gasteiger partial charge in [-0.3, -0.25) is 0 Å². The van der Waals surface area contributed by atoms with Crippen LogP contribution in [0.3, 0.4) is 0 Å². The maximum absolute atomic E-state index is 9.29. The van der Waals surface area contributed by atoms with E-state index in [1.807, 2.05) is 0 Å². The maximum atomic E-state index is 9.29. The van der Waals surface area contributed by atoms with E-state index in [-0.39, 0.29) is 6.61 Å². The van der Waals surface area contributed by atoms with E-state index in [1.165, 1.54) is 25.9 Å². The molecular formula is C13H28N2OS. The van der Waals surface area contributed by atoms with Gasteiger partial charge in [0.15, 0.2) is 0 Å². The summed E-state index contributed by atoms with van der Waals surface area (Å²) < 4.78 is 0. The molecule has 3 unspecified atom stereocenters. The lowest BCUT2D eigenvalue weighted by molar-refractivity contribution is 0.181. The average Bonchev–Trinajstić information content (AvgIpc) is 2.31. The lowest BCUT2D eigenvalue weighted by Crippen LogP contribution is -2.47. The lowest BCUT2D eigenvalue weighted by Gasteiger charge is -2.35. The summed E-state index contributed by atoms with van der Waals surface area (Å²) in [7, 11) is 2.20. The Morgan fingerprint density at radius 2 is 1.94 bits per heavy atom. The van der Waals surface area contributed by atoms with Crippen LogP contribution >= 0.6 is 11.8 Å². The Morgan fingerprint density at radius 3 is 2.41 bits per heavy atom. The Hall–Kier alpha value is 0.230. The normalized spacial score (nSPS) is 24.5. The van der Waals surface area contributed by atoms with E-state index in [9.17, 15) is 5.11 Å². The van der Waals surface area contributed by atoms with Crippen LogP contribution in [0.15, 0.2) is 0 Å². The molecule has 1 rings (SSSR count). The van der Waals surface area contributed by atoms with Crippen LogP contribution in [0.1, 0.15) is 26.7 Å². The summed E-state index contributed by atoms with van der Waals surface area (Å²) in [5.41, 5.74) is 0. The molecule has 1 saturated heterocycles. The first kappa shape index (κ1) is 15.3. The topological polar surface area (TPSA) is 35.5 Å². The second-order valence-corrected chi connectivity index (χ2v) is 6.42. The van der Waals surface area contributed by atoms with Crippen LogP contribution in [0, 0.1) is 5.92 Å². The van der Waals surface area contributed by atoms with Crippen molar-refractivity contribution in [2.24, 2.45) is 5.92 Å². The van der Waals surface area contributed by atoms with Crippen LogP contribution < -0.4 is 5.32 Å². The van der Waals surface area contributed by atoms with E-state index in [0.29, 0.717) is 17.3 Å². The first-order chi connectivity index (χ1) is 8.08. The van der Waals surface area contributed by atoms with Crippen molar-refractivity contribution in [2.45, 2.75) is 44.0 Å². The second-order valence-electron chi connectivity index (χ2n) is 5.34. The van der Waals surface area contributed by atoms with Crippen molar-refractivity contribution < 1.29 is 5.11 Å². The molecule has 0 amide bonds. The summed E-state index contributed by atoms with van der Waals surface area (Å²) in [6.45, 7) is 7.17. The van der Waals surface area contributed by atoms with Gasteiger partial charge in [-0.1, -0.05) is 0 Å². The molecule has 1 fully saturated rings. The number of nitrogens with zero attached hydrogens (tertiary/aromatic N) is 1. The molecule has 4 heteroatoms. The number of nitrogens with one attached hydrogen (secondary N) is 1. The van der Waals surface area contributed by atoms with Crippen LogP contribution in [-0.2, 0) is 0 Å². The summed E-state index contributed by atoms with van der Waals surface area (Å²) in [6.07, 6.45) is 4.65. The number of likely N-dealkylation sites (tertiary alicyclic amines) is 1. The van der Waals surface area contributed by atoms with Gasteiger partial charge in [0.2, 0.25) is 0 Å². The summed E-state index contributed by atoms with van der Waals surface area (Å²) in [5, 5.41) is 13.3. The minimum absolute atomic E-state index is 0.259. The third-order valence-corrected chi connectivity index (χ3v) is 5.20. The molecule has 1 heterocycles. The highest BCUT2D eigenvalue weighted by Crippen LogP contribution is 2.21. The van der Waals surface area contributed by atoms with Crippen molar-refractivity contribution in [1.29, 1.82) is 0 Å². The number of thioether (sulfide) groups is 1. The van der Waals surface area contributed by atoms with Crippen LogP contribution in [-0.4, -0.2) is 60.3 Å². The molecule has 0 spiro atoms. The fourth-order valence-corrected chi connectivity index (χ4v) is 3.26. The van der Waals surface area contributed by atoms with Crippen LogP contribution in [0.4, 0.5) is 0 Å². The van der Waals surface area contributed by atoms with E-state index in [1.54, 1.807) is 11.8 Å². The largest absolute Gasteiger partial charge is 0.395 e. The second kappa shape index (κ2) is 7.62. The fourth-order valence-electron chi connectivity index (χ4n) is 2.62. The number of aliphatic hydroxyl groups is 1. The molecule has 0 aromatic carbocycles. The molecule has 1 aliphatic rings. The van der Waals surface area contributed by atoms with Crippen molar-refractivity contribution in [2.75, 3.05) is 33.0 Å². The molecular weight excluding hydrogens is 232 g/mol. The SMILES string of the molecule is CSC(CO)C(C)NC(C)C1CCN(C)CC1. The third kappa shape index (κ3) is 4.78. The Balaban J connectivity index is 2.35. The predicted molar refractivity (Wildman–Crippen MR) is 76.7 cm³/mol. The van der Waals surface area contributed by atoms with Gasteiger partial charge in [-0.15, -0.1) is 0 Å². The van der Waals surface area contributed by atoms with Crippen LogP contribution in [0.25, 0.3) is 0 Å². The highest BCUT2D eigenvalue weighted by atomic mass is 32.2. The van der Waals surface area contributed by atoms with Gasteiger partial charge in [-0.2, -0.15) is 11.8 Å². The van der Waals surface area contributed by atoms with E-state index in [4.69, 9.17) is 0 Å². The van der Waals surface area contributed by atoms with Gasteiger partial charge in [0, 0.05) is 17.3 Å². The van der Waals surface area contributed by atoms with E-state index in [0.717, 1.165) is 5.92 Å². The van der Waals surface area contributed by atoms with E-state index < -0.39 is 0 Å². The monoisotopic (exact) mass is 260 g/mol. The first-order valence-electron chi connectivity index (χ1n) is 6.66. The Bertz CT molecular complexity index is 204. The minimum Gasteiger partial charge on any atom is -0.395 e. The van der Waals surface area contributed by atoms with Gasteiger partial charge in [-0.25, -0.2) is 0 Å². The third-order valence-electron chi connectivity index (χ3n) is 4.04. The summed E-state index contributed by atoms with van der Waals surface area (Å²) in [4.78, 5) is 2.41. The van der Waals surface area contributed by atoms with Crippen molar-refractivity contribution in [3.05, 3.63) is 0 Å². The quantitative estimate of drug-likeness (QED) is 0.757. The zero-order valence-electron chi connectivity index (χ0n) is 11.6. The number of rotatable bonds is 6. The number of piperidine rings is 1. The van der Waals surface area contributed by atoms with Gasteiger partial charge in [-0.05, 0) is 59.0 Å². The molecule has 2 N–H and O–H groups in total. The molecule has 0 aromatic heterocycles. The number of hydrogen-bond acceptors (Lipinski definition) is 4. The van der Waals surface area contributed by atoms with Gasteiger partial charge in [0.25, 0.3) is 0 Å². The maximum Gasteiger partial charge on any atom is 0.0564 e. The van der Waals surface area contributed by atoms with E-state index in [2.05, 4.69) is 37.4 Å². The van der Waals surface area contributed by atoms with Gasteiger partial charge in [0.05, 0.1) is 6.61 Å². The summed E-state index contributed by atoms with van der Waals surface area (Å²) in [6, 6.07) is 0.935. The van der Waals surface area contributed by atoms with E-state index >= 15 is 0 Å². The molecule has 0 radical (unpaired) electrons. The fraction of sp³-hybridized carbons (Fsp3) is 1.00. The lowest BCUT2D eigenvalue weighted by atomic mass is 9.90. The molecule has 102 valence electrons. The van der Waals surface area contributed by atoms with Crippen molar-refractivity contribution in [1.82, 2.24) is 10.2 Å². The standard InChI is InChI=1S/C13H28N2OS/c1-10(12-5-7-15(3)8-6-12)14-11(2)13(9-16)17-4/h10-14,16H,5-9H2,1-4H3. The molecule has 0 aliphatic carbocycles. The molecule has 3 nitrogen and oxygen atoms in total. The van der Waals surface area contributed by atoms with Crippen molar-refractivity contribution >= 4 is 11.8 Å². The molecule has 17 heavy (non-hydrogen) atoms. The van der Waals surface area contributed by atoms with Gasteiger partial charge >= 0.3 is 0 Å². The number of aliphatic hydroxyl groups excluding tert-OH is 1. The Labute approximate surface area is 110 Å². The Kier molecular flexibility index (Phi) is 6.85. The zero-order valence-corrected chi connectivity index (χ0v) is 12.5. The van der Waals surface area contributed by atoms with Crippen molar-refractivity contribution in [3.63, 3.8) is 0 Å². The Morgan fingerprint density at radius 1 is 1.35 bits per heavy atom. The van der Waals surface area contributed by atoms with Gasteiger partial charge < -0.3 is 15.3 Å². The first-order valence-corrected chi connectivity index (χ1v) is 7.95. The minimum atomic E-state index is 0.259. The highest BCUT2D eigenvalue weighted by molar-refractivity contribution is 7.99. The zero-order chi connectivity index (χ0) is 12.8. The number of hydrogen-bond donors (Lipinski definition) is 2. The van der Waals surface area contributed by atoms with Gasteiger partial charge in [0.1, 0.15) is 0 Å². The van der Waals surface area contributed by atoms with Crippen LogP contribution in [0.2, 0.25) is 0 Å². The molecule has 0 aromatic rings. The summed E-state index contributed by atoms with van der Waals surface area (Å²) >= 11 is 1.75. The smallest absolute Gasteiger partial charge is 0.0564 e. The predicted octanol–water partition coefficient (Wildman–Crippen LogP) is 1.42.